The van der Waals surface area contributed by atoms with E-state index < -0.39 is 0 Å². The monoisotopic (exact) mass is 366 g/mol. The van der Waals surface area contributed by atoms with Crippen LogP contribution in [0.3, 0.4) is 0 Å². The van der Waals surface area contributed by atoms with Crippen LogP contribution < -0.4 is 19.5 Å². The zero-order valence-electron chi connectivity index (χ0n) is 15.6. The van der Waals surface area contributed by atoms with Gasteiger partial charge in [0, 0.05) is 18.0 Å². The van der Waals surface area contributed by atoms with Crippen LogP contribution in [0.15, 0.2) is 48.5 Å². The lowest BCUT2D eigenvalue weighted by Crippen LogP contribution is -2.26. The van der Waals surface area contributed by atoms with E-state index in [1.807, 2.05) is 42.5 Å². The highest BCUT2D eigenvalue weighted by Crippen LogP contribution is 2.28. The summed E-state index contributed by atoms with van der Waals surface area (Å²) in [6, 6.07) is 14.9. The van der Waals surface area contributed by atoms with E-state index >= 15 is 0 Å². The van der Waals surface area contributed by atoms with E-state index in [1.54, 1.807) is 27.4 Å². The first-order valence-electron chi connectivity index (χ1n) is 8.59. The van der Waals surface area contributed by atoms with Gasteiger partial charge in [0.1, 0.15) is 11.4 Å². The number of benzene rings is 2. The number of aromatic nitrogens is 1. The Morgan fingerprint density at radius 3 is 2.41 bits per heavy atom. The lowest BCUT2D eigenvalue weighted by atomic mass is 10.1. The zero-order valence-corrected chi connectivity index (χ0v) is 15.6. The number of nitrogens with one attached hydrogen (secondary N) is 1. The molecule has 0 bridgehead atoms. The van der Waals surface area contributed by atoms with Crippen molar-refractivity contribution in [2.75, 3.05) is 27.9 Å². The summed E-state index contributed by atoms with van der Waals surface area (Å²) < 4.78 is 15.9. The highest BCUT2D eigenvalue weighted by molar-refractivity contribution is 5.97. The van der Waals surface area contributed by atoms with E-state index in [0.29, 0.717) is 35.9 Å². The minimum atomic E-state index is -0.237. The summed E-state index contributed by atoms with van der Waals surface area (Å²) in [6.45, 7) is 0.477. The first-order chi connectivity index (χ1) is 13.2. The molecule has 0 aliphatic carbocycles. The van der Waals surface area contributed by atoms with Crippen LogP contribution in [-0.4, -0.2) is 38.8 Å². The number of fused-ring (bicyclic) bond motifs is 1. The van der Waals surface area contributed by atoms with E-state index in [4.69, 9.17) is 14.2 Å². The third kappa shape index (κ3) is 4.11. The van der Waals surface area contributed by atoms with E-state index in [0.717, 1.165) is 16.5 Å². The number of ether oxygens (including phenoxy) is 3. The Balaban J connectivity index is 1.68. The number of nitrogens with zero attached hydrogens (tertiary/aromatic N) is 1. The molecular weight excluding hydrogens is 344 g/mol. The molecule has 6 heteroatoms. The Hall–Kier alpha value is -3.28. The van der Waals surface area contributed by atoms with Gasteiger partial charge in [0.25, 0.3) is 5.91 Å². The van der Waals surface area contributed by atoms with E-state index in [2.05, 4.69) is 10.3 Å². The smallest absolute Gasteiger partial charge is 0.270 e. The van der Waals surface area contributed by atoms with Gasteiger partial charge in [-0.1, -0.05) is 18.2 Å². The average Bonchev–Trinajstić information content (AvgIpc) is 2.72. The van der Waals surface area contributed by atoms with Crippen LogP contribution in [0.4, 0.5) is 0 Å². The van der Waals surface area contributed by atoms with E-state index in [1.165, 1.54) is 0 Å². The van der Waals surface area contributed by atoms with Crippen molar-refractivity contribution in [3.63, 3.8) is 0 Å². The van der Waals surface area contributed by atoms with Gasteiger partial charge < -0.3 is 19.5 Å². The van der Waals surface area contributed by atoms with Crippen molar-refractivity contribution in [3.05, 3.63) is 59.8 Å². The fourth-order valence-corrected chi connectivity index (χ4v) is 2.88. The molecule has 0 aliphatic rings. The number of amides is 1. The standard InChI is InChI=1S/C21H22N2O4/c1-25-18-9-8-14(12-20(18)27-3)10-11-22-21(24)17-13-19(26-2)15-6-4-5-7-16(15)23-17/h4-9,12-13H,10-11H2,1-3H3,(H,22,24). The first-order valence-corrected chi connectivity index (χ1v) is 8.59. The molecule has 3 rings (SSSR count). The molecule has 0 atom stereocenters. The first kappa shape index (κ1) is 18.5. The number of pyridine rings is 1. The maximum absolute atomic E-state index is 12.5. The summed E-state index contributed by atoms with van der Waals surface area (Å²) in [5.41, 5.74) is 2.09. The Labute approximate surface area is 158 Å². The molecule has 2 aromatic carbocycles. The SMILES string of the molecule is COc1ccc(CCNC(=O)c2cc(OC)c3ccccc3n2)cc1OC. The van der Waals surface area contributed by atoms with Crippen LogP contribution in [0.25, 0.3) is 10.9 Å². The molecule has 0 saturated carbocycles. The molecule has 0 fully saturated rings. The maximum Gasteiger partial charge on any atom is 0.270 e. The van der Waals surface area contributed by atoms with Crippen molar-refractivity contribution in [3.8, 4) is 17.2 Å². The van der Waals surface area contributed by atoms with E-state index in [9.17, 15) is 4.79 Å². The zero-order chi connectivity index (χ0) is 19.2. The number of carbonyl (C=O) groups excluding carboxylic acids is 1. The summed E-state index contributed by atoms with van der Waals surface area (Å²) in [7, 11) is 4.78. The number of hydrogen-bond acceptors (Lipinski definition) is 5. The van der Waals surface area contributed by atoms with Gasteiger partial charge in [0.15, 0.2) is 11.5 Å². The molecule has 1 heterocycles. The van der Waals surface area contributed by atoms with Crippen molar-refractivity contribution < 1.29 is 19.0 Å². The largest absolute Gasteiger partial charge is 0.496 e. The van der Waals surface area contributed by atoms with Gasteiger partial charge in [-0.2, -0.15) is 0 Å². The summed E-state index contributed by atoms with van der Waals surface area (Å²) in [5.74, 6) is 1.74. The maximum atomic E-state index is 12.5. The van der Waals surface area contributed by atoms with E-state index in [-0.39, 0.29) is 5.91 Å². The van der Waals surface area contributed by atoms with Gasteiger partial charge in [0.2, 0.25) is 0 Å². The number of hydrogen-bond donors (Lipinski definition) is 1. The van der Waals surface area contributed by atoms with Gasteiger partial charge >= 0.3 is 0 Å². The second-order valence-electron chi connectivity index (χ2n) is 5.92. The average molecular weight is 366 g/mol. The lowest BCUT2D eigenvalue weighted by molar-refractivity contribution is 0.0949. The van der Waals surface area contributed by atoms with Crippen molar-refractivity contribution in [1.82, 2.24) is 10.3 Å². The molecule has 3 aromatic rings. The Morgan fingerprint density at radius 2 is 1.67 bits per heavy atom. The predicted octanol–water partition coefficient (Wildman–Crippen LogP) is 3.23. The molecule has 0 saturated heterocycles. The number of rotatable bonds is 7. The highest BCUT2D eigenvalue weighted by Gasteiger charge is 2.12. The fourth-order valence-electron chi connectivity index (χ4n) is 2.88. The molecule has 0 unspecified atom stereocenters. The highest BCUT2D eigenvalue weighted by atomic mass is 16.5. The Kier molecular flexibility index (Phi) is 5.76. The van der Waals surface area contributed by atoms with Gasteiger partial charge in [-0.3, -0.25) is 4.79 Å². The molecule has 0 spiro atoms. The van der Waals surface area contributed by atoms with Crippen molar-refractivity contribution in [1.29, 1.82) is 0 Å². The van der Waals surface area contributed by atoms with Crippen LogP contribution in [0.5, 0.6) is 17.2 Å². The molecular formula is C21H22N2O4. The predicted molar refractivity (Wildman–Crippen MR) is 104 cm³/mol. The Morgan fingerprint density at radius 1 is 0.926 bits per heavy atom. The summed E-state index contributed by atoms with van der Waals surface area (Å²) in [6.07, 6.45) is 0.664. The van der Waals surface area contributed by atoms with Gasteiger partial charge in [-0.25, -0.2) is 4.98 Å². The third-order valence-corrected chi connectivity index (χ3v) is 4.28. The molecule has 0 radical (unpaired) electrons. The summed E-state index contributed by atoms with van der Waals surface area (Å²) in [4.78, 5) is 16.9. The van der Waals surface area contributed by atoms with Crippen LogP contribution in [0.2, 0.25) is 0 Å². The second-order valence-corrected chi connectivity index (χ2v) is 5.92. The van der Waals surface area contributed by atoms with Crippen LogP contribution in [0, 0.1) is 0 Å². The fraction of sp³-hybridized carbons (Fsp3) is 0.238. The third-order valence-electron chi connectivity index (χ3n) is 4.28. The van der Waals surface area contributed by atoms with Crippen LogP contribution in [-0.2, 0) is 6.42 Å². The summed E-state index contributed by atoms with van der Waals surface area (Å²) in [5, 5.41) is 3.78. The molecule has 0 aliphatic heterocycles. The topological polar surface area (TPSA) is 69.7 Å². The lowest BCUT2D eigenvalue weighted by Gasteiger charge is -2.11. The molecule has 1 amide bonds. The van der Waals surface area contributed by atoms with Gasteiger partial charge in [-0.05, 0) is 36.2 Å². The normalized spacial score (nSPS) is 10.5. The van der Waals surface area contributed by atoms with Crippen molar-refractivity contribution in [2.24, 2.45) is 0 Å². The quantitative estimate of drug-likeness (QED) is 0.695. The Bertz CT molecular complexity index is 956. The van der Waals surface area contributed by atoms with Crippen LogP contribution >= 0.6 is 0 Å². The van der Waals surface area contributed by atoms with Gasteiger partial charge in [0.05, 0.1) is 26.8 Å². The molecule has 6 nitrogen and oxygen atoms in total. The number of methoxy groups -OCH3 is 3. The molecule has 27 heavy (non-hydrogen) atoms. The van der Waals surface area contributed by atoms with Crippen LogP contribution in [0.1, 0.15) is 16.1 Å². The van der Waals surface area contributed by atoms with Crippen molar-refractivity contribution >= 4 is 16.8 Å². The number of para-hydroxylation sites is 1. The minimum absolute atomic E-state index is 0.237. The molecule has 1 aromatic heterocycles. The van der Waals surface area contributed by atoms with Gasteiger partial charge in [-0.15, -0.1) is 0 Å². The van der Waals surface area contributed by atoms with Crippen molar-refractivity contribution in [2.45, 2.75) is 6.42 Å². The summed E-state index contributed by atoms with van der Waals surface area (Å²) >= 11 is 0. The second kappa shape index (κ2) is 8.40. The number of carbonyl (C=O) groups is 1. The minimum Gasteiger partial charge on any atom is -0.496 e. The molecule has 1 N–H and O–H groups in total. The molecule has 140 valence electrons.